The number of carboxylic acid groups (broad SMARTS) is 1. The molecule has 3 nitrogen and oxygen atoms in total. The van der Waals surface area contributed by atoms with Crippen LogP contribution < -0.4 is 5.32 Å². The summed E-state index contributed by atoms with van der Waals surface area (Å²) in [4.78, 5) is 10.3. The van der Waals surface area contributed by atoms with Crippen LogP contribution in [0.1, 0.15) is 12.8 Å². The van der Waals surface area contributed by atoms with E-state index in [2.05, 4.69) is 5.32 Å². The quantitative estimate of drug-likeness (QED) is 0.804. The number of hydrogen-bond donors (Lipinski definition) is 2. The molecular weight excluding hydrogens is 254 g/mol. The first-order valence-corrected chi connectivity index (χ1v) is 5.09. The van der Waals surface area contributed by atoms with E-state index in [0.717, 1.165) is 24.3 Å². The van der Waals surface area contributed by atoms with E-state index in [0.29, 0.717) is 0 Å². The van der Waals surface area contributed by atoms with E-state index in [1.807, 2.05) is 0 Å². The van der Waals surface area contributed by atoms with Gasteiger partial charge in [-0.15, -0.1) is 0 Å². The first-order valence-electron chi connectivity index (χ1n) is 5.09. The minimum Gasteiger partial charge on any atom is -0.481 e. The molecule has 100 valence electrons. The molecule has 0 fully saturated rings. The largest absolute Gasteiger partial charge is 0.481 e. The van der Waals surface area contributed by atoms with Crippen LogP contribution in [-0.2, 0) is 4.79 Å². The van der Waals surface area contributed by atoms with E-state index >= 15 is 0 Å². The van der Waals surface area contributed by atoms with Gasteiger partial charge in [-0.3, -0.25) is 4.79 Å². The number of nitrogens with one attached hydrogen (secondary N) is 1. The molecule has 18 heavy (non-hydrogen) atoms. The zero-order chi connectivity index (χ0) is 13.8. The summed E-state index contributed by atoms with van der Waals surface area (Å²) in [5, 5.41) is 10.5. The molecule has 0 aliphatic rings. The molecule has 0 radical (unpaired) electrons. The Balaban J connectivity index is 2.72. The van der Waals surface area contributed by atoms with Crippen molar-refractivity contribution in [3.8, 4) is 0 Å². The van der Waals surface area contributed by atoms with Crippen LogP contribution in [0.4, 0.5) is 23.2 Å². The number of carbonyl (C=O) groups is 1. The molecule has 2 N–H and O–H groups in total. The molecule has 1 aromatic rings. The fraction of sp³-hybridized carbons (Fsp3) is 0.364. The number of aliphatic carboxylic acids is 1. The second-order valence-corrected chi connectivity index (χ2v) is 3.68. The summed E-state index contributed by atoms with van der Waals surface area (Å²) in [6.07, 6.45) is -5.75. The van der Waals surface area contributed by atoms with E-state index < -0.39 is 36.8 Å². The molecule has 0 aromatic heterocycles. The Hall–Kier alpha value is -1.79. The Morgan fingerprint density at radius 1 is 1.28 bits per heavy atom. The van der Waals surface area contributed by atoms with Gasteiger partial charge >= 0.3 is 12.1 Å². The lowest BCUT2D eigenvalue weighted by Gasteiger charge is -2.22. The third kappa shape index (κ3) is 4.60. The molecule has 0 amide bonds. The zero-order valence-corrected chi connectivity index (χ0v) is 9.17. The second kappa shape index (κ2) is 5.70. The number of alkyl halides is 3. The van der Waals surface area contributed by atoms with Crippen LogP contribution in [0.15, 0.2) is 24.3 Å². The highest BCUT2D eigenvalue weighted by Gasteiger charge is 2.39. The number of rotatable bonds is 5. The second-order valence-electron chi connectivity index (χ2n) is 3.68. The predicted molar refractivity (Wildman–Crippen MR) is 56.7 cm³/mol. The predicted octanol–water partition coefficient (Wildman–Crippen LogP) is 3.03. The fourth-order valence-corrected chi connectivity index (χ4v) is 1.33. The molecule has 0 bridgehead atoms. The highest BCUT2D eigenvalue weighted by Crippen LogP contribution is 2.26. The maximum atomic E-state index is 12.6. The monoisotopic (exact) mass is 265 g/mol. The molecule has 0 aliphatic carbocycles. The molecule has 1 aromatic carbocycles. The first-order chi connectivity index (χ1) is 8.29. The third-order valence-electron chi connectivity index (χ3n) is 2.23. The lowest BCUT2D eigenvalue weighted by atomic mass is 10.1. The van der Waals surface area contributed by atoms with Crippen LogP contribution >= 0.6 is 0 Å². The zero-order valence-electron chi connectivity index (χ0n) is 9.17. The lowest BCUT2D eigenvalue weighted by Crippen LogP contribution is -2.36. The van der Waals surface area contributed by atoms with Gasteiger partial charge in [0.2, 0.25) is 0 Å². The SMILES string of the molecule is O=C(O)CC[C@H](Nc1ccc(F)cc1)C(F)(F)F. The van der Waals surface area contributed by atoms with Crippen molar-refractivity contribution < 1.29 is 27.5 Å². The summed E-state index contributed by atoms with van der Waals surface area (Å²) in [5.74, 6) is -1.86. The van der Waals surface area contributed by atoms with Gasteiger partial charge < -0.3 is 10.4 Å². The molecule has 7 heteroatoms. The highest BCUT2D eigenvalue weighted by molar-refractivity contribution is 5.66. The van der Waals surface area contributed by atoms with Gasteiger partial charge in [-0.25, -0.2) is 4.39 Å². The summed E-state index contributed by atoms with van der Waals surface area (Å²) < 4.78 is 50.4. The molecule has 0 saturated heterocycles. The van der Waals surface area contributed by atoms with Crippen molar-refractivity contribution in [1.82, 2.24) is 0 Å². The Morgan fingerprint density at radius 3 is 2.28 bits per heavy atom. The smallest absolute Gasteiger partial charge is 0.408 e. The summed E-state index contributed by atoms with van der Waals surface area (Å²) in [5.41, 5.74) is 0.0871. The van der Waals surface area contributed by atoms with Crippen LogP contribution in [0.2, 0.25) is 0 Å². The van der Waals surface area contributed by atoms with E-state index in [-0.39, 0.29) is 5.69 Å². The molecule has 0 aliphatic heterocycles. The highest BCUT2D eigenvalue weighted by atomic mass is 19.4. The standard InChI is InChI=1S/C11H11F4NO2/c12-7-1-3-8(4-2-7)16-9(11(13,14)15)5-6-10(17)18/h1-4,9,16H,5-6H2,(H,17,18)/t9-/m0/s1. The Bertz CT molecular complexity index is 402. The van der Waals surface area contributed by atoms with Gasteiger partial charge in [-0.05, 0) is 30.7 Å². The maximum absolute atomic E-state index is 12.6. The summed E-state index contributed by atoms with van der Waals surface area (Å²) in [6.45, 7) is 0. The normalized spacial score (nSPS) is 13.1. The van der Waals surface area contributed by atoms with E-state index in [9.17, 15) is 22.4 Å². The number of benzene rings is 1. The van der Waals surface area contributed by atoms with Crippen molar-refractivity contribution in [3.63, 3.8) is 0 Å². The van der Waals surface area contributed by atoms with Crippen molar-refractivity contribution >= 4 is 11.7 Å². The molecule has 0 heterocycles. The van der Waals surface area contributed by atoms with Crippen LogP contribution in [0.25, 0.3) is 0 Å². The van der Waals surface area contributed by atoms with Crippen LogP contribution in [0, 0.1) is 5.82 Å². The fourth-order valence-electron chi connectivity index (χ4n) is 1.33. The minimum atomic E-state index is -4.57. The molecule has 0 saturated carbocycles. The average molecular weight is 265 g/mol. The van der Waals surface area contributed by atoms with Crippen molar-refractivity contribution in [2.24, 2.45) is 0 Å². The van der Waals surface area contributed by atoms with E-state index in [1.165, 1.54) is 0 Å². The van der Waals surface area contributed by atoms with Crippen molar-refractivity contribution in [2.45, 2.75) is 25.1 Å². The maximum Gasteiger partial charge on any atom is 0.408 e. The third-order valence-corrected chi connectivity index (χ3v) is 2.23. The Kier molecular flexibility index (Phi) is 4.52. The van der Waals surface area contributed by atoms with Crippen molar-refractivity contribution in [1.29, 1.82) is 0 Å². The van der Waals surface area contributed by atoms with Gasteiger partial charge in [0.25, 0.3) is 0 Å². The van der Waals surface area contributed by atoms with Gasteiger partial charge in [0.05, 0.1) is 0 Å². The first kappa shape index (κ1) is 14.3. The van der Waals surface area contributed by atoms with Gasteiger partial charge in [0.15, 0.2) is 0 Å². The van der Waals surface area contributed by atoms with Gasteiger partial charge in [-0.2, -0.15) is 13.2 Å². The van der Waals surface area contributed by atoms with Gasteiger partial charge in [0, 0.05) is 12.1 Å². The van der Waals surface area contributed by atoms with Gasteiger partial charge in [0.1, 0.15) is 11.9 Å². The Morgan fingerprint density at radius 2 is 1.83 bits per heavy atom. The number of halogens is 4. The van der Waals surface area contributed by atoms with Crippen LogP contribution in [0.5, 0.6) is 0 Å². The molecule has 1 rings (SSSR count). The van der Waals surface area contributed by atoms with E-state index in [4.69, 9.17) is 5.11 Å². The summed E-state index contributed by atoms with van der Waals surface area (Å²) >= 11 is 0. The lowest BCUT2D eigenvalue weighted by molar-refractivity contribution is -0.148. The number of anilines is 1. The Labute approximate surface area is 100 Å². The molecule has 0 spiro atoms. The van der Waals surface area contributed by atoms with Crippen molar-refractivity contribution in [3.05, 3.63) is 30.1 Å². The van der Waals surface area contributed by atoms with E-state index in [1.54, 1.807) is 0 Å². The topological polar surface area (TPSA) is 49.3 Å². The summed E-state index contributed by atoms with van der Waals surface area (Å²) in [6, 6.07) is 2.39. The molecular formula is C11H11F4NO2. The van der Waals surface area contributed by atoms with Crippen LogP contribution in [0.3, 0.4) is 0 Å². The average Bonchev–Trinajstić information content (AvgIpc) is 2.24. The minimum absolute atomic E-state index is 0.0871. The number of carboxylic acids is 1. The molecule has 1 atom stereocenters. The number of hydrogen-bond acceptors (Lipinski definition) is 2. The summed E-state index contributed by atoms with van der Waals surface area (Å²) in [7, 11) is 0. The molecule has 0 unspecified atom stereocenters. The van der Waals surface area contributed by atoms with Crippen molar-refractivity contribution in [2.75, 3.05) is 5.32 Å². The van der Waals surface area contributed by atoms with Gasteiger partial charge in [-0.1, -0.05) is 0 Å². The van der Waals surface area contributed by atoms with Crippen LogP contribution in [-0.4, -0.2) is 23.3 Å².